The summed E-state index contributed by atoms with van der Waals surface area (Å²) < 4.78 is 53.1. The van der Waals surface area contributed by atoms with E-state index in [4.69, 9.17) is 21.1 Å². The molecule has 0 heterocycles. The summed E-state index contributed by atoms with van der Waals surface area (Å²) in [5, 5.41) is 3.11. The van der Waals surface area contributed by atoms with E-state index in [1.54, 1.807) is 13.8 Å². The molecule has 3 rings (SSSR count). The number of benzene rings is 3. The molecule has 12 heteroatoms. The van der Waals surface area contributed by atoms with Crippen molar-refractivity contribution < 1.29 is 31.9 Å². The van der Waals surface area contributed by atoms with Crippen molar-refractivity contribution in [1.82, 2.24) is 10.2 Å². The highest BCUT2D eigenvalue weighted by molar-refractivity contribution is 7.92. The van der Waals surface area contributed by atoms with Gasteiger partial charge in [-0.05, 0) is 67.4 Å². The molecule has 0 bridgehead atoms. The Hall–Kier alpha value is -3.83. The number of anilines is 1. The fourth-order valence-corrected chi connectivity index (χ4v) is 5.79. The summed E-state index contributed by atoms with van der Waals surface area (Å²) in [7, 11) is -1.52. The van der Waals surface area contributed by atoms with E-state index in [0.29, 0.717) is 22.9 Å². The topological polar surface area (TPSA) is 105 Å². The van der Waals surface area contributed by atoms with Crippen LogP contribution in [0.4, 0.5) is 10.1 Å². The molecule has 0 aliphatic rings. The van der Waals surface area contributed by atoms with E-state index in [2.05, 4.69) is 5.32 Å². The fourth-order valence-electron chi connectivity index (χ4n) is 4.24. The Morgan fingerprint density at radius 2 is 1.59 bits per heavy atom. The third kappa shape index (κ3) is 7.68. The number of hydrogen-bond acceptors (Lipinski definition) is 6. The number of amides is 2. The van der Waals surface area contributed by atoms with Crippen molar-refractivity contribution in [3.63, 3.8) is 0 Å². The number of hydrogen-bond donors (Lipinski definition) is 1. The molecule has 9 nitrogen and oxygen atoms in total. The summed E-state index contributed by atoms with van der Waals surface area (Å²) in [6, 6.07) is 14.7. The van der Waals surface area contributed by atoms with Gasteiger partial charge in [-0.15, -0.1) is 0 Å². The van der Waals surface area contributed by atoms with Gasteiger partial charge in [-0.2, -0.15) is 0 Å². The molecule has 2 amide bonds. The van der Waals surface area contributed by atoms with Crippen molar-refractivity contribution in [2.24, 2.45) is 0 Å². The van der Waals surface area contributed by atoms with Crippen molar-refractivity contribution in [2.75, 3.05) is 31.6 Å². The first kappa shape index (κ1) is 31.7. The molecule has 0 fully saturated rings. The summed E-state index contributed by atoms with van der Waals surface area (Å²) in [6.07, 6.45) is 0.266. The number of halogens is 2. The minimum absolute atomic E-state index is 0.0420. The van der Waals surface area contributed by atoms with Gasteiger partial charge in [0.15, 0.2) is 11.5 Å². The quantitative estimate of drug-likeness (QED) is 0.304. The average Bonchev–Trinajstić information content (AvgIpc) is 2.96. The van der Waals surface area contributed by atoms with Gasteiger partial charge in [0.2, 0.25) is 11.8 Å². The molecule has 3 aromatic rings. The molecule has 0 aliphatic carbocycles. The standard InChI is InChI=1S/C29H33ClFN3O6S/c1-5-25(29(36)32-6-2)33(18-20-7-11-22(31)12-8-20)28(35)19-34(23-13-9-21(30)10-14-23)41(37,38)24-15-16-26(39-3)27(17-24)40-4/h7-17,25H,5-6,18-19H2,1-4H3,(H,32,36)/t25-/m0/s1. The third-order valence-corrected chi connectivity index (χ3v) is 8.36. The van der Waals surface area contributed by atoms with Crippen LogP contribution in [-0.4, -0.2) is 58.5 Å². The van der Waals surface area contributed by atoms with Crippen molar-refractivity contribution in [1.29, 1.82) is 0 Å². The number of likely N-dealkylation sites (N-methyl/N-ethyl adjacent to an activating group) is 1. The van der Waals surface area contributed by atoms with E-state index in [1.165, 1.54) is 85.8 Å². The van der Waals surface area contributed by atoms with Crippen LogP contribution in [0.2, 0.25) is 5.02 Å². The second-order valence-corrected chi connectivity index (χ2v) is 11.3. The van der Waals surface area contributed by atoms with Crippen LogP contribution in [-0.2, 0) is 26.2 Å². The Labute approximate surface area is 244 Å². The minimum Gasteiger partial charge on any atom is -0.493 e. The maximum absolute atomic E-state index is 14.0. The highest BCUT2D eigenvalue weighted by Gasteiger charge is 2.34. The Bertz CT molecular complexity index is 1450. The molecular formula is C29H33ClFN3O6S. The lowest BCUT2D eigenvalue weighted by Crippen LogP contribution is -2.52. The highest BCUT2D eigenvalue weighted by atomic mass is 35.5. The molecule has 0 aromatic heterocycles. The van der Waals surface area contributed by atoms with Crippen LogP contribution >= 0.6 is 11.6 Å². The molecule has 0 saturated carbocycles. The zero-order valence-corrected chi connectivity index (χ0v) is 24.8. The van der Waals surface area contributed by atoms with Gasteiger partial charge in [0, 0.05) is 24.2 Å². The lowest BCUT2D eigenvalue weighted by Gasteiger charge is -2.33. The zero-order chi connectivity index (χ0) is 30.2. The second kappa shape index (κ2) is 14.2. The Balaban J connectivity index is 2.09. The average molecular weight is 606 g/mol. The molecule has 1 atom stereocenters. The van der Waals surface area contributed by atoms with Crippen molar-refractivity contribution in [2.45, 2.75) is 37.8 Å². The van der Waals surface area contributed by atoms with Gasteiger partial charge in [-0.25, -0.2) is 12.8 Å². The normalized spacial score (nSPS) is 11.9. The monoisotopic (exact) mass is 605 g/mol. The van der Waals surface area contributed by atoms with E-state index in [0.717, 1.165) is 4.31 Å². The highest BCUT2D eigenvalue weighted by Crippen LogP contribution is 2.32. The molecule has 0 saturated heterocycles. The summed E-state index contributed by atoms with van der Waals surface area (Å²) >= 11 is 6.06. The Morgan fingerprint density at radius 1 is 0.951 bits per heavy atom. The predicted octanol–water partition coefficient (Wildman–Crippen LogP) is 4.64. The van der Waals surface area contributed by atoms with Crippen LogP contribution in [0.15, 0.2) is 71.6 Å². The minimum atomic E-state index is -4.34. The van der Waals surface area contributed by atoms with Gasteiger partial charge < -0.3 is 19.7 Å². The molecule has 3 aromatic carbocycles. The molecule has 41 heavy (non-hydrogen) atoms. The smallest absolute Gasteiger partial charge is 0.264 e. The maximum Gasteiger partial charge on any atom is 0.264 e. The van der Waals surface area contributed by atoms with E-state index < -0.39 is 34.3 Å². The van der Waals surface area contributed by atoms with Crippen LogP contribution in [0.25, 0.3) is 0 Å². The van der Waals surface area contributed by atoms with Gasteiger partial charge in [0.05, 0.1) is 24.8 Å². The molecule has 0 unspecified atom stereocenters. The maximum atomic E-state index is 14.0. The number of carbonyl (C=O) groups excluding carboxylic acids is 2. The SMILES string of the molecule is CCNC(=O)[C@H](CC)N(Cc1ccc(F)cc1)C(=O)CN(c1ccc(Cl)cc1)S(=O)(=O)c1ccc(OC)c(OC)c1. The zero-order valence-electron chi connectivity index (χ0n) is 23.3. The predicted molar refractivity (Wildman–Crippen MR) is 155 cm³/mol. The number of nitrogens with zero attached hydrogens (tertiary/aromatic N) is 2. The number of rotatable bonds is 13. The number of carbonyl (C=O) groups is 2. The molecule has 0 radical (unpaired) electrons. The third-order valence-electron chi connectivity index (χ3n) is 6.34. The summed E-state index contributed by atoms with van der Waals surface area (Å²) in [6.45, 7) is 3.18. The lowest BCUT2D eigenvalue weighted by molar-refractivity contribution is -0.140. The van der Waals surface area contributed by atoms with Crippen LogP contribution in [0.3, 0.4) is 0 Å². The Morgan fingerprint density at radius 3 is 2.15 bits per heavy atom. The van der Waals surface area contributed by atoms with Crippen LogP contribution < -0.4 is 19.1 Å². The largest absolute Gasteiger partial charge is 0.493 e. The number of methoxy groups -OCH3 is 2. The molecule has 0 aliphatic heterocycles. The van der Waals surface area contributed by atoms with Crippen LogP contribution in [0.1, 0.15) is 25.8 Å². The molecule has 220 valence electrons. The van der Waals surface area contributed by atoms with Gasteiger partial charge in [0.1, 0.15) is 18.4 Å². The Kier molecular flexibility index (Phi) is 11.0. The summed E-state index contributed by atoms with van der Waals surface area (Å²) in [4.78, 5) is 28.1. The van der Waals surface area contributed by atoms with Crippen molar-refractivity contribution in [3.05, 3.63) is 83.1 Å². The van der Waals surface area contributed by atoms with E-state index in [-0.39, 0.29) is 35.2 Å². The first-order chi connectivity index (χ1) is 19.5. The molecular weight excluding hydrogens is 573 g/mol. The fraction of sp³-hybridized carbons (Fsp3) is 0.310. The second-order valence-electron chi connectivity index (χ2n) is 8.97. The number of ether oxygens (including phenoxy) is 2. The van der Waals surface area contributed by atoms with Gasteiger partial charge in [0.25, 0.3) is 10.0 Å². The van der Waals surface area contributed by atoms with Gasteiger partial charge in [-0.3, -0.25) is 13.9 Å². The molecule has 1 N–H and O–H groups in total. The summed E-state index contributed by atoms with van der Waals surface area (Å²) in [5.41, 5.74) is 0.758. The van der Waals surface area contributed by atoms with E-state index in [9.17, 15) is 22.4 Å². The van der Waals surface area contributed by atoms with Crippen LogP contribution in [0, 0.1) is 5.82 Å². The molecule has 0 spiro atoms. The van der Waals surface area contributed by atoms with Crippen molar-refractivity contribution >= 4 is 39.1 Å². The number of nitrogens with one attached hydrogen (secondary N) is 1. The summed E-state index contributed by atoms with van der Waals surface area (Å²) in [5.74, 6) is -0.940. The number of sulfonamides is 1. The van der Waals surface area contributed by atoms with Crippen LogP contribution in [0.5, 0.6) is 11.5 Å². The van der Waals surface area contributed by atoms with E-state index in [1.807, 2.05) is 0 Å². The van der Waals surface area contributed by atoms with Crippen molar-refractivity contribution in [3.8, 4) is 11.5 Å². The first-order valence-corrected chi connectivity index (χ1v) is 14.7. The van der Waals surface area contributed by atoms with Gasteiger partial charge in [-0.1, -0.05) is 30.7 Å². The lowest BCUT2D eigenvalue weighted by atomic mass is 10.1. The first-order valence-electron chi connectivity index (χ1n) is 12.9. The van der Waals surface area contributed by atoms with E-state index >= 15 is 0 Å². The van der Waals surface area contributed by atoms with Gasteiger partial charge >= 0.3 is 0 Å².